The molecule has 0 saturated heterocycles. The van der Waals surface area contributed by atoms with E-state index in [1.807, 2.05) is 12.1 Å². The first-order valence-electron chi connectivity index (χ1n) is 5.57. The highest BCUT2D eigenvalue weighted by Crippen LogP contribution is 2.21. The van der Waals surface area contributed by atoms with Crippen LogP contribution in [0.3, 0.4) is 0 Å². The third kappa shape index (κ3) is 7.92. The molecule has 2 nitrogen and oxygen atoms in total. The summed E-state index contributed by atoms with van der Waals surface area (Å²) in [7, 11) is 0. The third-order valence-electron chi connectivity index (χ3n) is 2.08. The lowest BCUT2D eigenvalue weighted by molar-refractivity contribution is -0.173. The van der Waals surface area contributed by atoms with Gasteiger partial charge in [-0.2, -0.15) is 13.2 Å². The molecule has 0 fully saturated rings. The second-order valence-corrected chi connectivity index (χ2v) is 5.53. The summed E-state index contributed by atoms with van der Waals surface area (Å²) in [6, 6.07) is 3.83. The summed E-state index contributed by atoms with van der Waals surface area (Å²) >= 11 is 7.32. The highest BCUT2D eigenvalue weighted by molar-refractivity contribution is 7.16. The van der Waals surface area contributed by atoms with Gasteiger partial charge in [0, 0.05) is 11.5 Å². The van der Waals surface area contributed by atoms with Gasteiger partial charge in [0.2, 0.25) is 0 Å². The first-order chi connectivity index (χ1) is 8.47. The minimum Gasteiger partial charge on any atom is -0.372 e. The van der Waals surface area contributed by atoms with Crippen molar-refractivity contribution in [1.82, 2.24) is 5.32 Å². The lowest BCUT2D eigenvalue weighted by Gasteiger charge is -2.07. The van der Waals surface area contributed by atoms with Crippen molar-refractivity contribution < 1.29 is 17.9 Å². The Hall–Kier alpha value is -0.300. The van der Waals surface area contributed by atoms with Crippen molar-refractivity contribution >= 4 is 22.9 Å². The van der Waals surface area contributed by atoms with Crippen molar-refractivity contribution in [2.45, 2.75) is 19.0 Å². The smallest absolute Gasteiger partial charge is 0.372 e. The van der Waals surface area contributed by atoms with E-state index in [0.717, 1.165) is 17.3 Å². The SMILES string of the molecule is FC(F)(F)COCCCNCCc1ccc(Cl)s1. The summed E-state index contributed by atoms with van der Waals surface area (Å²) in [5, 5.41) is 3.14. The molecule has 1 heterocycles. The molecule has 0 aromatic carbocycles. The predicted octanol–water partition coefficient (Wildman–Crippen LogP) is 3.50. The molecule has 104 valence electrons. The predicted molar refractivity (Wildman–Crippen MR) is 67.4 cm³/mol. The Morgan fingerprint density at radius 2 is 2.06 bits per heavy atom. The molecule has 0 amide bonds. The maximum atomic E-state index is 11.7. The Labute approximate surface area is 113 Å². The second-order valence-electron chi connectivity index (χ2n) is 3.73. The summed E-state index contributed by atoms with van der Waals surface area (Å²) in [4.78, 5) is 1.20. The van der Waals surface area contributed by atoms with Crippen LogP contribution in [0, 0.1) is 0 Å². The minimum absolute atomic E-state index is 0.122. The Morgan fingerprint density at radius 3 is 2.67 bits per heavy atom. The molecule has 1 N–H and O–H groups in total. The number of ether oxygens (including phenoxy) is 1. The highest BCUT2D eigenvalue weighted by atomic mass is 35.5. The van der Waals surface area contributed by atoms with Crippen molar-refractivity contribution in [3.05, 3.63) is 21.3 Å². The van der Waals surface area contributed by atoms with E-state index in [1.165, 1.54) is 16.2 Å². The molecule has 1 aromatic heterocycles. The van der Waals surface area contributed by atoms with Crippen molar-refractivity contribution in [3.63, 3.8) is 0 Å². The standard InChI is InChI=1S/C11H15ClF3NOS/c12-10-3-2-9(18-10)4-6-16-5-1-7-17-8-11(13,14)15/h2-3,16H,1,4-8H2. The van der Waals surface area contributed by atoms with Gasteiger partial charge in [-0.05, 0) is 38.1 Å². The van der Waals surface area contributed by atoms with Crippen molar-refractivity contribution in [2.75, 3.05) is 26.3 Å². The van der Waals surface area contributed by atoms with Crippen LogP contribution in [0.15, 0.2) is 12.1 Å². The average Bonchev–Trinajstić information content (AvgIpc) is 2.67. The molecule has 0 aliphatic heterocycles. The largest absolute Gasteiger partial charge is 0.411 e. The summed E-state index contributed by atoms with van der Waals surface area (Å²) in [6.07, 6.45) is -2.78. The van der Waals surface area contributed by atoms with Crippen LogP contribution >= 0.6 is 22.9 Å². The molecule has 0 radical (unpaired) electrons. The number of hydrogen-bond donors (Lipinski definition) is 1. The van der Waals surface area contributed by atoms with E-state index in [2.05, 4.69) is 10.1 Å². The fourth-order valence-electron chi connectivity index (χ4n) is 1.31. The van der Waals surface area contributed by atoms with Crippen LogP contribution in [-0.2, 0) is 11.2 Å². The van der Waals surface area contributed by atoms with E-state index < -0.39 is 12.8 Å². The van der Waals surface area contributed by atoms with Gasteiger partial charge in [-0.3, -0.25) is 0 Å². The first-order valence-corrected chi connectivity index (χ1v) is 6.76. The van der Waals surface area contributed by atoms with Crippen LogP contribution in [0.2, 0.25) is 4.34 Å². The molecule has 1 aromatic rings. The van der Waals surface area contributed by atoms with Gasteiger partial charge in [0.25, 0.3) is 0 Å². The molecule has 0 saturated carbocycles. The number of nitrogens with one attached hydrogen (secondary N) is 1. The number of hydrogen-bond acceptors (Lipinski definition) is 3. The Balaban J connectivity index is 1.90. The molecule has 0 atom stereocenters. The van der Waals surface area contributed by atoms with E-state index in [4.69, 9.17) is 11.6 Å². The van der Waals surface area contributed by atoms with Gasteiger partial charge >= 0.3 is 6.18 Å². The van der Waals surface area contributed by atoms with Gasteiger partial charge in [0.1, 0.15) is 6.61 Å². The summed E-state index contributed by atoms with van der Waals surface area (Å²) in [5.41, 5.74) is 0. The zero-order chi connectivity index (χ0) is 13.4. The zero-order valence-corrected chi connectivity index (χ0v) is 11.3. The molecule has 0 aliphatic rings. The van der Waals surface area contributed by atoms with Gasteiger partial charge < -0.3 is 10.1 Å². The maximum absolute atomic E-state index is 11.7. The van der Waals surface area contributed by atoms with Gasteiger partial charge in [-0.15, -0.1) is 11.3 Å². The molecule has 0 bridgehead atoms. The highest BCUT2D eigenvalue weighted by Gasteiger charge is 2.27. The van der Waals surface area contributed by atoms with Gasteiger partial charge in [0.05, 0.1) is 4.34 Å². The van der Waals surface area contributed by atoms with Crippen LogP contribution in [0.4, 0.5) is 13.2 Å². The number of halogens is 4. The quantitative estimate of drug-likeness (QED) is 0.742. The molecule has 1 rings (SSSR count). The van der Waals surface area contributed by atoms with E-state index in [9.17, 15) is 13.2 Å². The molecule has 0 unspecified atom stereocenters. The summed E-state index contributed by atoms with van der Waals surface area (Å²) < 4.78 is 40.4. The topological polar surface area (TPSA) is 21.3 Å². The van der Waals surface area contributed by atoms with E-state index >= 15 is 0 Å². The Morgan fingerprint density at radius 1 is 1.28 bits per heavy atom. The molecule has 0 spiro atoms. The fraction of sp³-hybridized carbons (Fsp3) is 0.636. The minimum atomic E-state index is -4.23. The maximum Gasteiger partial charge on any atom is 0.411 e. The molecular formula is C11H15ClF3NOS. The lowest BCUT2D eigenvalue weighted by Crippen LogP contribution is -2.21. The molecule has 7 heteroatoms. The van der Waals surface area contributed by atoms with Crippen molar-refractivity contribution in [2.24, 2.45) is 0 Å². The first kappa shape index (κ1) is 15.8. The van der Waals surface area contributed by atoms with Crippen LogP contribution in [0.25, 0.3) is 0 Å². The van der Waals surface area contributed by atoms with E-state index in [0.29, 0.717) is 13.0 Å². The average molecular weight is 302 g/mol. The number of alkyl halides is 3. The van der Waals surface area contributed by atoms with Crippen LogP contribution in [0.1, 0.15) is 11.3 Å². The molecular weight excluding hydrogens is 287 g/mol. The molecule has 18 heavy (non-hydrogen) atoms. The Bertz CT molecular complexity index is 343. The van der Waals surface area contributed by atoms with Crippen LogP contribution in [-0.4, -0.2) is 32.5 Å². The number of rotatable bonds is 8. The summed E-state index contributed by atoms with van der Waals surface area (Å²) in [6.45, 7) is 0.394. The van der Waals surface area contributed by atoms with Crippen LogP contribution in [0.5, 0.6) is 0 Å². The van der Waals surface area contributed by atoms with Gasteiger partial charge in [-0.1, -0.05) is 11.6 Å². The molecule has 0 aliphatic carbocycles. The third-order valence-corrected chi connectivity index (χ3v) is 3.38. The zero-order valence-electron chi connectivity index (χ0n) is 9.73. The van der Waals surface area contributed by atoms with Crippen molar-refractivity contribution in [1.29, 1.82) is 0 Å². The van der Waals surface area contributed by atoms with Gasteiger partial charge in [0.15, 0.2) is 0 Å². The van der Waals surface area contributed by atoms with Crippen molar-refractivity contribution in [3.8, 4) is 0 Å². The van der Waals surface area contributed by atoms with E-state index in [1.54, 1.807) is 0 Å². The van der Waals surface area contributed by atoms with Gasteiger partial charge in [-0.25, -0.2) is 0 Å². The van der Waals surface area contributed by atoms with Crippen LogP contribution < -0.4 is 5.32 Å². The number of thiophene rings is 1. The monoisotopic (exact) mass is 301 g/mol. The Kier molecular flexibility index (Phi) is 6.99. The normalized spacial score (nSPS) is 12.0. The lowest BCUT2D eigenvalue weighted by atomic mass is 10.3. The fourth-order valence-corrected chi connectivity index (χ4v) is 2.40. The summed E-state index contributed by atoms with van der Waals surface area (Å²) in [5.74, 6) is 0. The second kappa shape index (κ2) is 7.99. The van der Waals surface area contributed by atoms with E-state index in [-0.39, 0.29) is 6.61 Å².